The normalized spacial score (nSPS) is 11.2. The van der Waals surface area contributed by atoms with E-state index in [0.29, 0.717) is 0 Å². The minimum atomic E-state index is 0.745. The number of fused-ring (bicyclic) bond motifs is 1. The lowest BCUT2D eigenvalue weighted by molar-refractivity contribution is 0.668. The number of imidazole rings is 1. The molecule has 2 aromatic carbocycles. The largest absolute Gasteiger partial charge is 0.330 e. The lowest BCUT2D eigenvalue weighted by Crippen LogP contribution is -2.03. The lowest BCUT2D eigenvalue weighted by Gasteiger charge is -2.10. The molecule has 0 saturated carbocycles. The molecule has 1 heterocycles. The molecule has 0 saturated heterocycles. The van der Waals surface area contributed by atoms with Gasteiger partial charge in [-0.3, -0.25) is 0 Å². The molecule has 0 atom stereocenters. The summed E-state index contributed by atoms with van der Waals surface area (Å²) in [5.74, 6) is 0.745. The quantitative estimate of drug-likeness (QED) is 0.397. The van der Waals surface area contributed by atoms with Crippen molar-refractivity contribution < 1.29 is 0 Å². The molecular weight excluding hydrogens is 327 g/mol. The van der Waals surface area contributed by atoms with Crippen LogP contribution in [0.15, 0.2) is 48.9 Å². The van der Waals surface area contributed by atoms with Crippen LogP contribution in [0.4, 0.5) is 0 Å². The maximum atomic E-state index is 6.42. The first kappa shape index (κ1) is 16.4. The molecule has 1 aromatic heterocycles. The molecule has 120 valence electrons. The SMILES string of the molecule is ClCCCCCc1cncn1Cc1cc(Cl)c2ccccc2c1. The van der Waals surface area contributed by atoms with Gasteiger partial charge in [0.15, 0.2) is 0 Å². The van der Waals surface area contributed by atoms with Crippen molar-refractivity contribution in [1.82, 2.24) is 9.55 Å². The average Bonchev–Trinajstić information content (AvgIpc) is 2.99. The van der Waals surface area contributed by atoms with E-state index < -0.39 is 0 Å². The fourth-order valence-corrected chi connectivity index (χ4v) is 3.39. The van der Waals surface area contributed by atoms with Gasteiger partial charge in [-0.15, -0.1) is 11.6 Å². The molecule has 0 unspecified atom stereocenters. The van der Waals surface area contributed by atoms with Gasteiger partial charge in [-0.2, -0.15) is 0 Å². The Hall–Kier alpha value is -1.51. The van der Waals surface area contributed by atoms with Crippen molar-refractivity contribution >= 4 is 34.0 Å². The van der Waals surface area contributed by atoms with E-state index in [4.69, 9.17) is 23.2 Å². The summed E-state index contributed by atoms with van der Waals surface area (Å²) >= 11 is 12.2. The molecular formula is C19H20Cl2N2. The van der Waals surface area contributed by atoms with Gasteiger partial charge in [0.2, 0.25) is 0 Å². The summed E-state index contributed by atoms with van der Waals surface area (Å²) in [6.45, 7) is 0.801. The van der Waals surface area contributed by atoms with Gasteiger partial charge in [-0.1, -0.05) is 42.3 Å². The highest BCUT2D eigenvalue weighted by Gasteiger charge is 2.06. The molecule has 4 heteroatoms. The molecule has 3 aromatic rings. The topological polar surface area (TPSA) is 17.8 Å². The summed E-state index contributed by atoms with van der Waals surface area (Å²) in [4.78, 5) is 4.31. The Morgan fingerprint density at radius 2 is 1.91 bits per heavy atom. The average molecular weight is 347 g/mol. The van der Waals surface area contributed by atoms with Crippen LogP contribution in [0.1, 0.15) is 30.5 Å². The van der Waals surface area contributed by atoms with Crippen molar-refractivity contribution in [3.05, 3.63) is 65.2 Å². The fraction of sp³-hybridized carbons (Fsp3) is 0.316. The Morgan fingerprint density at radius 3 is 2.78 bits per heavy atom. The van der Waals surface area contributed by atoms with E-state index in [-0.39, 0.29) is 0 Å². The van der Waals surface area contributed by atoms with Crippen molar-refractivity contribution in [2.45, 2.75) is 32.2 Å². The number of aromatic nitrogens is 2. The molecule has 2 nitrogen and oxygen atoms in total. The first-order valence-corrected chi connectivity index (χ1v) is 8.91. The number of nitrogens with zero attached hydrogens (tertiary/aromatic N) is 2. The van der Waals surface area contributed by atoms with E-state index in [1.165, 1.54) is 16.6 Å². The van der Waals surface area contributed by atoms with Crippen molar-refractivity contribution in [2.75, 3.05) is 5.88 Å². The van der Waals surface area contributed by atoms with Gasteiger partial charge in [0.25, 0.3) is 0 Å². The van der Waals surface area contributed by atoms with E-state index in [1.54, 1.807) is 0 Å². The summed E-state index contributed by atoms with van der Waals surface area (Å²) in [5.41, 5.74) is 2.47. The molecule has 0 amide bonds. The first-order valence-electron chi connectivity index (χ1n) is 8.00. The standard InChI is InChI=1S/C19H20Cl2N2/c20-9-5-1-2-7-17-12-22-14-23(17)13-15-10-16-6-3-4-8-18(16)19(21)11-15/h3-4,6,8,10-12,14H,1-2,5,7,9,13H2. The zero-order valence-corrected chi connectivity index (χ0v) is 14.5. The molecule has 0 N–H and O–H groups in total. The van der Waals surface area contributed by atoms with Crippen molar-refractivity contribution in [3.8, 4) is 0 Å². The highest BCUT2D eigenvalue weighted by molar-refractivity contribution is 6.35. The summed E-state index contributed by atoms with van der Waals surface area (Å²) < 4.78 is 2.21. The second-order valence-corrected chi connectivity index (χ2v) is 6.60. The number of alkyl halides is 1. The van der Waals surface area contributed by atoms with Crippen molar-refractivity contribution in [2.24, 2.45) is 0 Å². The zero-order valence-electron chi connectivity index (χ0n) is 13.0. The number of hydrogen-bond donors (Lipinski definition) is 0. The molecule has 23 heavy (non-hydrogen) atoms. The molecule has 0 fully saturated rings. The number of rotatable bonds is 7. The third-order valence-corrected chi connectivity index (χ3v) is 4.67. The first-order chi connectivity index (χ1) is 11.3. The fourth-order valence-electron chi connectivity index (χ4n) is 2.89. The number of halogens is 2. The Kier molecular flexibility index (Phi) is 5.58. The number of unbranched alkanes of at least 4 members (excludes halogenated alkanes) is 2. The smallest absolute Gasteiger partial charge is 0.0951 e. The molecule has 0 spiro atoms. The van der Waals surface area contributed by atoms with Gasteiger partial charge in [-0.05, 0) is 42.3 Å². The predicted octanol–water partition coefficient (Wildman–Crippen LogP) is 5.69. The summed E-state index contributed by atoms with van der Waals surface area (Å²) in [6.07, 6.45) is 8.30. The highest BCUT2D eigenvalue weighted by Crippen LogP contribution is 2.26. The Labute approximate surface area is 147 Å². The van der Waals surface area contributed by atoms with Crippen LogP contribution in [0.2, 0.25) is 5.02 Å². The van der Waals surface area contributed by atoms with E-state index in [1.807, 2.05) is 24.7 Å². The van der Waals surface area contributed by atoms with Crippen LogP contribution in [0.25, 0.3) is 10.8 Å². The number of aryl methyl sites for hydroxylation is 1. The van der Waals surface area contributed by atoms with Gasteiger partial charge >= 0.3 is 0 Å². The lowest BCUT2D eigenvalue weighted by atomic mass is 10.1. The van der Waals surface area contributed by atoms with Gasteiger partial charge < -0.3 is 4.57 Å². The maximum absolute atomic E-state index is 6.42. The predicted molar refractivity (Wildman–Crippen MR) is 98.6 cm³/mol. The van der Waals surface area contributed by atoms with Crippen LogP contribution in [0, 0.1) is 0 Å². The van der Waals surface area contributed by atoms with Crippen LogP contribution in [0.3, 0.4) is 0 Å². The Bertz CT molecular complexity index is 780. The highest BCUT2D eigenvalue weighted by atomic mass is 35.5. The maximum Gasteiger partial charge on any atom is 0.0951 e. The van der Waals surface area contributed by atoms with Crippen LogP contribution in [0.5, 0.6) is 0 Å². The molecule has 0 bridgehead atoms. The van der Waals surface area contributed by atoms with Crippen LogP contribution >= 0.6 is 23.2 Å². The molecule has 0 radical (unpaired) electrons. The Morgan fingerprint density at radius 1 is 1.04 bits per heavy atom. The van der Waals surface area contributed by atoms with Gasteiger partial charge in [-0.25, -0.2) is 4.98 Å². The van der Waals surface area contributed by atoms with Gasteiger partial charge in [0, 0.05) is 34.7 Å². The summed E-state index contributed by atoms with van der Waals surface area (Å²) in [7, 11) is 0. The molecule has 0 aliphatic rings. The summed E-state index contributed by atoms with van der Waals surface area (Å²) in [6, 6.07) is 12.5. The minimum absolute atomic E-state index is 0.745. The van der Waals surface area contributed by atoms with Crippen LogP contribution in [-0.4, -0.2) is 15.4 Å². The second kappa shape index (κ2) is 7.85. The van der Waals surface area contributed by atoms with E-state index >= 15 is 0 Å². The molecule has 3 rings (SSSR count). The van der Waals surface area contributed by atoms with Crippen LogP contribution < -0.4 is 0 Å². The number of benzene rings is 2. The van der Waals surface area contributed by atoms with Gasteiger partial charge in [0.05, 0.1) is 6.33 Å². The third-order valence-electron chi connectivity index (χ3n) is 4.09. The monoisotopic (exact) mass is 346 g/mol. The van der Waals surface area contributed by atoms with Crippen molar-refractivity contribution in [3.63, 3.8) is 0 Å². The summed E-state index contributed by atoms with van der Waals surface area (Å²) in [5, 5.41) is 3.09. The number of hydrogen-bond acceptors (Lipinski definition) is 1. The zero-order chi connectivity index (χ0) is 16.1. The van der Waals surface area contributed by atoms with E-state index in [9.17, 15) is 0 Å². The van der Waals surface area contributed by atoms with E-state index in [2.05, 4.69) is 33.8 Å². The van der Waals surface area contributed by atoms with Gasteiger partial charge in [0.1, 0.15) is 0 Å². The minimum Gasteiger partial charge on any atom is -0.330 e. The van der Waals surface area contributed by atoms with E-state index in [0.717, 1.165) is 48.5 Å². The molecule has 0 aliphatic carbocycles. The van der Waals surface area contributed by atoms with Crippen LogP contribution in [-0.2, 0) is 13.0 Å². The molecule has 0 aliphatic heterocycles. The second-order valence-electron chi connectivity index (χ2n) is 5.81. The van der Waals surface area contributed by atoms with Crippen molar-refractivity contribution in [1.29, 1.82) is 0 Å². The Balaban J connectivity index is 1.76. The third kappa shape index (κ3) is 4.07.